The van der Waals surface area contributed by atoms with Gasteiger partial charge in [0.25, 0.3) is 0 Å². The number of benzene rings is 1. The fourth-order valence-corrected chi connectivity index (χ4v) is 2.58. The van der Waals surface area contributed by atoms with Crippen LogP contribution in [0.4, 0.5) is 0 Å². The quantitative estimate of drug-likeness (QED) is 0.874. The number of nitrogens with zero attached hydrogens (tertiary/aromatic N) is 1. The molecule has 0 aromatic heterocycles. The molecule has 4 heteroatoms. The smallest absolute Gasteiger partial charge is 0.165 e. The Hall–Kier alpha value is -1.73. The van der Waals surface area contributed by atoms with Gasteiger partial charge in [-0.05, 0) is 33.8 Å². The molecule has 0 fully saturated rings. The first-order valence-corrected chi connectivity index (χ1v) is 7.50. The maximum absolute atomic E-state index is 9.10. The summed E-state index contributed by atoms with van der Waals surface area (Å²) in [5.41, 5.74) is 1.02. The van der Waals surface area contributed by atoms with Crippen molar-refractivity contribution < 1.29 is 9.47 Å². The van der Waals surface area contributed by atoms with E-state index in [2.05, 4.69) is 31.3 Å². The number of fused-ring (bicyclic) bond motifs is 1. The average molecular weight is 288 g/mol. The van der Waals surface area contributed by atoms with Gasteiger partial charge < -0.3 is 9.47 Å². The van der Waals surface area contributed by atoms with Gasteiger partial charge in [-0.3, -0.25) is 5.32 Å². The number of hydrogen-bond donors (Lipinski definition) is 1. The summed E-state index contributed by atoms with van der Waals surface area (Å²) in [6.45, 7) is 8.72. The van der Waals surface area contributed by atoms with Crippen molar-refractivity contribution in [3.8, 4) is 17.6 Å². The second-order valence-electron chi connectivity index (χ2n) is 6.42. The normalized spacial score (nSPS) is 17.0. The summed E-state index contributed by atoms with van der Waals surface area (Å²) in [6.07, 6.45) is 1.55. The molecule has 4 nitrogen and oxygen atoms in total. The topological polar surface area (TPSA) is 54.3 Å². The molecule has 21 heavy (non-hydrogen) atoms. The maximum Gasteiger partial charge on any atom is 0.165 e. The lowest BCUT2D eigenvalue weighted by Crippen LogP contribution is -2.34. The second-order valence-corrected chi connectivity index (χ2v) is 6.42. The standard InChI is InChI=1S/C17H24N2O2/c1-12(2)19-14(11-18)8-9-20-15-7-5-6-13-10-17(3,4)21-16(13)15/h5-7,12,14,19H,8-10H2,1-4H3. The zero-order valence-electron chi connectivity index (χ0n) is 13.3. The first kappa shape index (κ1) is 15.7. The fraction of sp³-hybridized carbons (Fsp3) is 0.588. The summed E-state index contributed by atoms with van der Waals surface area (Å²) in [5, 5.41) is 12.3. The number of hydrogen-bond acceptors (Lipinski definition) is 4. The van der Waals surface area contributed by atoms with E-state index in [1.807, 2.05) is 26.0 Å². The summed E-state index contributed by atoms with van der Waals surface area (Å²) >= 11 is 0. The van der Waals surface area contributed by atoms with Gasteiger partial charge in [0.1, 0.15) is 5.60 Å². The van der Waals surface area contributed by atoms with Gasteiger partial charge >= 0.3 is 0 Å². The third-order valence-electron chi connectivity index (χ3n) is 3.41. The van der Waals surface area contributed by atoms with Gasteiger partial charge in [0.15, 0.2) is 11.5 Å². The lowest BCUT2D eigenvalue weighted by atomic mass is 10.0. The second kappa shape index (κ2) is 6.36. The summed E-state index contributed by atoms with van der Waals surface area (Å²) in [5.74, 6) is 1.63. The van der Waals surface area contributed by atoms with Crippen LogP contribution < -0.4 is 14.8 Å². The molecule has 1 atom stereocenters. The van der Waals surface area contributed by atoms with Crippen LogP contribution in [0.1, 0.15) is 39.7 Å². The molecule has 2 rings (SSSR count). The molecule has 1 aliphatic heterocycles. The molecule has 1 aromatic rings. The van der Waals surface area contributed by atoms with Gasteiger partial charge in [0.05, 0.1) is 18.7 Å². The zero-order valence-corrected chi connectivity index (χ0v) is 13.3. The third kappa shape index (κ3) is 4.12. The van der Waals surface area contributed by atoms with E-state index in [0.717, 1.165) is 17.9 Å². The fourth-order valence-electron chi connectivity index (χ4n) is 2.58. The van der Waals surface area contributed by atoms with Gasteiger partial charge in [-0.15, -0.1) is 0 Å². The predicted octanol–water partition coefficient (Wildman–Crippen LogP) is 3.06. The van der Waals surface area contributed by atoms with Crippen LogP contribution in [0.5, 0.6) is 11.5 Å². The summed E-state index contributed by atoms with van der Waals surface area (Å²) < 4.78 is 11.8. The van der Waals surface area contributed by atoms with Crippen molar-refractivity contribution >= 4 is 0 Å². The van der Waals surface area contributed by atoms with Crippen LogP contribution in [0.2, 0.25) is 0 Å². The molecule has 0 aliphatic carbocycles. The summed E-state index contributed by atoms with van der Waals surface area (Å²) in [7, 11) is 0. The minimum atomic E-state index is -0.181. The van der Waals surface area contributed by atoms with E-state index >= 15 is 0 Å². The zero-order chi connectivity index (χ0) is 15.5. The van der Waals surface area contributed by atoms with Crippen molar-refractivity contribution in [3.63, 3.8) is 0 Å². The summed E-state index contributed by atoms with van der Waals surface area (Å²) in [6, 6.07) is 8.37. The molecule has 0 amide bonds. The van der Waals surface area contributed by atoms with Crippen molar-refractivity contribution in [2.45, 2.75) is 58.2 Å². The molecule has 1 aliphatic rings. The molecule has 0 saturated carbocycles. The largest absolute Gasteiger partial charge is 0.490 e. The SMILES string of the molecule is CC(C)NC(C#N)CCOc1cccc2c1OC(C)(C)C2. The van der Waals surface area contributed by atoms with E-state index < -0.39 is 0 Å². The molecule has 1 heterocycles. The Labute approximate surface area is 127 Å². The number of rotatable bonds is 6. The molecule has 114 valence electrons. The molecular formula is C17H24N2O2. The van der Waals surface area contributed by atoms with Crippen molar-refractivity contribution in [3.05, 3.63) is 23.8 Å². The highest BCUT2D eigenvalue weighted by molar-refractivity contribution is 5.50. The minimum absolute atomic E-state index is 0.170. The Morgan fingerprint density at radius 3 is 2.86 bits per heavy atom. The number of ether oxygens (including phenoxy) is 2. The average Bonchev–Trinajstić information content (AvgIpc) is 2.72. The molecule has 0 bridgehead atoms. The van der Waals surface area contributed by atoms with E-state index in [-0.39, 0.29) is 11.6 Å². The molecule has 1 aromatic carbocycles. The Balaban J connectivity index is 1.94. The lowest BCUT2D eigenvalue weighted by molar-refractivity contribution is 0.132. The Kier molecular flexibility index (Phi) is 4.74. The van der Waals surface area contributed by atoms with Crippen molar-refractivity contribution in [1.82, 2.24) is 5.32 Å². The van der Waals surface area contributed by atoms with Crippen molar-refractivity contribution in [2.75, 3.05) is 6.61 Å². The van der Waals surface area contributed by atoms with Crippen LogP contribution in [-0.2, 0) is 6.42 Å². The highest BCUT2D eigenvalue weighted by atomic mass is 16.5. The van der Waals surface area contributed by atoms with Crippen LogP contribution >= 0.6 is 0 Å². The minimum Gasteiger partial charge on any atom is -0.490 e. The van der Waals surface area contributed by atoms with E-state index in [4.69, 9.17) is 14.7 Å². The van der Waals surface area contributed by atoms with Crippen molar-refractivity contribution in [1.29, 1.82) is 5.26 Å². The highest BCUT2D eigenvalue weighted by Crippen LogP contribution is 2.41. The highest BCUT2D eigenvalue weighted by Gasteiger charge is 2.32. The number of nitrogens with one attached hydrogen (secondary N) is 1. The van der Waals surface area contributed by atoms with Gasteiger partial charge in [0, 0.05) is 24.4 Å². The maximum atomic E-state index is 9.10. The molecule has 0 spiro atoms. The predicted molar refractivity (Wildman–Crippen MR) is 82.6 cm³/mol. The summed E-state index contributed by atoms with van der Waals surface area (Å²) in [4.78, 5) is 0. The van der Waals surface area contributed by atoms with Crippen LogP contribution in [0, 0.1) is 11.3 Å². The van der Waals surface area contributed by atoms with Gasteiger partial charge in [-0.1, -0.05) is 12.1 Å². The van der Waals surface area contributed by atoms with Crippen LogP contribution in [-0.4, -0.2) is 24.3 Å². The van der Waals surface area contributed by atoms with Gasteiger partial charge in [-0.25, -0.2) is 0 Å². The molecule has 1 unspecified atom stereocenters. The van der Waals surface area contributed by atoms with E-state index in [0.29, 0.717) is 19.1 Å². The van der Waals surface area contributed by atoms with Gasteiger partial charge in [-0.2, -0.15) is 5.26 Å². The lowest BCUT2D eigenvalue weighted by Gasteiger charge is -2.19. The van der Waals surface area contributed by atoms with E-state index in [9.17, 15) is 0 Å². The Morgan fingerprint density at radius 1 is 1.43 bits per heavy atom. The molecule has 1 N–H and O–H groups in total. The number of para-hydroxylation sites is 1. The Morgan fingerprint density at radius 2 is 2.19 bits per heavy atom. The van der Waals surface area contributed by atoms with E-state index in [1.54, 1.807) is 0 Å². The van der Waals surface area contributed by atoms with Crippen molar-refractivity contribution in [2.24, 2.45) is 0 Å². The monoisotopic (exact) mass is 288 g/mol. The first-order valence-electron chi connectivity index (χ1n) is 7.50. The first-order chi connectivity index (χ1) is 9.91. The van der Waals surface area contributed by atoms with Crippen LogP contribution in [0.25, 0.3) is 0 Å². The Bertz CT molecular complexity index is 532. The molecular weight excluding hydrogens is 264 g/mol. The van der Waals surface area contributed by atoms with Crippen LogP contribution in [0.3, 0.4) is 0 Å². The molecule has 0 saturated heterocycles. The van der Waals surface area contributed by atoms with Crippen LogP contribution in [0.15, 0.2) is 18.2 Å². The van der Waals surface area contributed by atoms with Gasteiger partial charge in [0.2, 0.25) is 0 Å². The number of nitriles is 1. The molecule has 0 radical (unpaired) electrons. The van der Waals surface area contributed by atoms with E-state index in [1.165, 1.54) is 5.56 Å². The third-order valence-corrected chi connectivity index (χ3v) is 3.41.